The van der Waals surface area contributed by atoms with Crippen molar-refractivity contribution in [1.29, 1.82) is 0 Å². The molecule has 0 radical (unpaired) electrons. The first-order valence-corrected chi connectivity index (χ1v) is 9.12. The van der Waals surface area contributed by atoms with E-state index in [4.69, 9.17) is 0 Å². The molecule has 0 aliphatic rings. The number of nitrogens with one attached hydrogen (secondary N) is 1. The number of halogens is 1. The SMILES string of the molecule is CC(Sc1ccccc1)C(=O)Nc1nc(-c2ccc(F)cc2)cs1. The topological polar surface area (TPSA) is 42.0 Å². The molecule has 3 rings (SSSR count). The van der Waals surface area contributed by atoms with Gasteiger partial charge >= 0.3 is 0 Å². The number of amides is 1. The molecule has 0 aliphatic heterocycles. The maximum Gasteiger partial charge on any atom is 0.239 e. The predicted octanol–water partition coefficient (Wildman–Crippen LogP) is 5.07. The number of hydrogen-bond donors (Lipinski definition) is 1. The predicted molar refractivity (Wildman–Crippen MR) is 97.9 cm³/mol. The monoisotopic (exact) mass is 358 g/mol. The lowest BCUT2D eigenvalue weighted by molar-refractivity contribution is -0.115. The number of carbonyl (C=O) groups excluding carboxylic acids is 1. The Balaban J connectivity index is 1.63. The van der Waals surface area contributed by atoms with Crippen molar-refractivity contribution in [2.45, 2.75) is 17.1 Å². The summed E-state index contributed by atoms with van der Waals surface area (Å²) in [5, 5.41) is 4.99. The van der Waals surface area contributed by atoms with Crippen molar-refractivity contribution in [3.8, 4) is 11.3 Å². The highest BCUT2D eigenvalue weighted by Gasteiger charge is 2.16. The summed E-state index contributed by atoms with van der Waals surface area (Å²) < 4.78 is 13.0. The van der Waals surface area contributed by atoms with Crippen LogP contribution in [-0.2, 0) is 4.79 Å². The quantitative estimate of drug-likeness (QED) is 0.648. The third-order valence-electron chi connectivity index (χ3n) is 3.30. The summed E-state index contributed by atoms with van der Waals surface area (Å²) in [5.74, 6) is -0.377. The smallest absolute Gasteiger partial charge is 0.239 e. The summed E-state index contributed by atoms with van der Waals surface area (Å²) in [6.45, 7) is 1.86. The van der Waals surface area contributed by atoms with E-state index < -0.39 is 0 Å². The minimum Gasteiger partial charge on any atom is -0.301 e. The zero-order valence-electron chi connectivity index (χ0n) is 12.9. The van der Waals surface area contributed by atoms with Gasteiger partial charge in [0.25, 0.3) is 0 Å². The Bertz CT molecular complexity index is 819. The molecular formula is C18H15FN2OS2. The first kappa shape index (κ1) is 16.7. The normalized spacial score (nSPS) is 11.9. The van der Waals surface area contributed by atoms with Gasteiger partial charge in [-0.05, 0) is 43.3 Å². The second-order valence-corrected chi connectivity index (χ2v) is 7.38. The van der Waals surface area contributed by atoms with Gasteiger partial charge in [-0.2, -0.15) is 0 Å². The van der Waals surface area contributed by atoms with Gasteiger partial charge in [0.2, 0.25) is 5.91 Å². The lowest BCUT2D eigenvalue weighted by Crippen LogP contribution is -2.22. The molecule has 1 N–H and O–H groups in total. The van der Waals surface area contributed by atoms with Crippen LogP contribution in [0.15, 0.2) is 64.9 Å². The van der Waals surface area contributed by atoms with E-state index in [2.05, 4.69) is 10.3 Å². The molecule has 6 heteroatoms. The van der Waals surface area contributed by atoms with Gasteiger partial charge in [-0.15, -0.1) is 23.1 Å². The number of hydrogen-bond acceptors (Lipinski definition) is 4. The largest absolute Gasteiger partial charge is 0.301 e. The van der Waals surface area contributed by atoms with Gasteiger partial charge in [0, 0.05) is 15.8 Å². The first-order chi connectivity index (χ1) is 11.6. The number of rotatable bonds is 5. The number of benzene rings is 2. The van der Waals surface area contributed by atoms with Crippen molar-refractivity contribution >= 4 is 34.1 Å². The van der Waals surface area contributed by atoms with Crippen molar-refractivity contribution in [2.24, 2.45) is 0 Å². The Morgan fingerprint density at radius 2 is 1.88 bits per heavy atom. The molecule has 2 aromatic carbocycles. The van der Waals surface area contributed by atoms with Gasteiger partial charge in [0.1, 0.15) is 5.82 Å². The molecule has 0 spiro atoms. The number of anilines is 1. The molecule has 0 saturated carbocycles. The van der Waals surface area contributed by atoms with E-state index in [0.717, 1.165) is 16.2 Å². The lowest BCUT2D eigenvalue weighted by atomic mass is 10.2. The molecule has 1 aromatic heterocycles. The average Bonchev–Trinajstić information content (AvgIpc) is 3.05. The first-order valence-electron chi connectivity index (χ1n) is 7.36. The van der Waals surface area contributed by atoms with Gasteiger partial charge in [-0.25, -0.2) is 9.37 Å². The molecule has 0 aliphatic carbocycles. The van der Waals surface area contributed by atoms with Crippen molar-refractivity contribution in [2.75, 3.05) is 5.32 Å². The fourth-order valence-electron chi connectivity index (χ4n) is 2.05. The second-order valence-electron chi connectivity index (χ2n) is 5.11. The van der Waals surface area contributed by atoms with Gasteiger partial charge in [0.05, 0.1) is 10.9 Å². The summed E-state index contributed by atoms with van der Waals surface area (Å²) in [6, 6.07) is 15.9. The summed E-state index contributed by atoms with van der Waals surface area (Å²) in [5.41, 5.74) is 1.54. The third kappa shape index (κ3) is 4.21. The van der Waals surface area contributed by atoms with Crippen molar-refractivity contribution in [3.63, 3.8) is 0 Å². The van der Waals surface area contributed by atoms with Gasteiger partial charge in [-0.3, -0.25) is 4.79 Å². The highest BCUT2D eigenvalue weighted by molar-refractivity contribution is 8.00. The van der Waals surface area contributed by atoms with Crippen LogP contribution in [0.25, 0.3) is 11.3 Å². The Labute approximate surface area is 148 Å². The standard InChI is InChI=1S/C18H15FN2OS2/c1-12(24-15-5-3-2-4-6-15)17(22)21-18-20-16(11-23-18)13-7-9-14(19)10-8-13/h2-12H,1H3,(H,20,21,22). The molecule has 1 amide bonds. The van der Waals surface area contributed by atoms with E-state index in [1.807, 2.05) is 42.6 Å². The van der Waals surface area contributed by atoms with Crippen LogP contribution in [0.2, 0.25) is 0 Å². The van der Waals surface area contributed by atoms with Crippen LogP contribution in [0, 0.1) is 5.82 Å². The molecule has 3 nitrogen and oxygen atoms in total. The molecule has 24 heavy (non-hydrogen) atoms. The van der Waals surface area contributed by atoms with Crippen LogP contribution in [0.3, 0.4) is 0 Å². The average molecular weight is 358 g/mol. The zero-order chi connectivity index (χ0) is 16.9. The van der Waals surface area contributed by atoms with E-state index in [9.17, 15) is 9.18 Å². The number of thiazole rings is 1. The summed E-state index contributed by atoms with van der Waals surface area (Å²) in [6.07, 6.45) is 0. The van der Waals surface area contributed by atoms with Crippen LogP contribution < -0.4 is 5.32 Å². The van der Waals surface area contributed by atoms with Gasteiger partial charge in [0.15, 0.2) is 5.13 Å². The maximum atomic E-state index is 13.0. The summed E-state index contributed by atoms with van der Waals surface area (Å²) >= 11 is 2.85. The molecule has 0 bridgehead atoms. The van der Waals surface area contributed by atoms with Crippen molar-refractivity contribution in [1.82, 2.24) is 4.98 Å². The van der Waals surface area contributed by atoms with Crippen LogP contribution in [0.4, 0.5) is 9.52 Å². The Morgan fingerprint density at radius 3 is 2.58 bits per heavy atom. The van der Waals surface area contributed by atoms with E-state index in [-0.39, 0.29) is 17.0 Å². The van der Waals surface area contributed by atoms with Crippen LogP contribution in [-0.4, -0.2) is 16.1 Å². The third-order valence-corrected chi connectivity index (χ3v) is 5.17. The summed E-state index contributed by atoms with van der Waals surface area (Å²) in [7, 11) is 0. The molecule has 122 valence electrons. The molecule has 3 aromatic rings. The second kappa shape index (κ2) is 7.59. The molecule has 0 saturated heterocycles. The number of nitrogens with zero attached hydrogens (tertiary/aromatic N) is 1. The minimum absolute atomic E-state index is 0.0936. The van der Waals surface area contributed by atoms with Gasteiger partial charge in [-0.1, -0.05) is 18.2 Å². The highest BCUT2D eigenvalue weighted by Crippen LogP contribution is 2.27. The van der Waals surface area contributed by atoms with Crippen LogP contribution >= 0.6 is 23.1 Å². The highest BCUT2D eigenvalue weighted by atomic mass is 32.2. The number of thioether (sulfide) groups is 1. The van der Waals surface area contributed by atoms with Gasteiger partial charge < -0.3 is 5.32 Å². The molecule has 1 atom stereocenters. The summed E-state index contributed by atoms with van der Waals surface area (Å²) in [4.78, 5) is 17.7. The van der Waals surface area contributed by atoms with Crippen molar-refractivity contribution < 1.29 is 9.18 Å². The molecule has 1 heterocycles. The van der Waals surface area contributed by atoms with Crippen LogP contribution in [0.5, 0.6) is 0 Å². The molecule has 0 fully saturated rings. The van der Waals surface area contributed by atoms with Crippen molar-refractivity contribution in [3.05, 3.63) is 65.8 Å². The number of aromatic nitrogens is 1. The lowest BCUT2D eigenvalue weighted by Gasteiger charge is -2.10. The Kier molecular flexibility index (Phi) is 5.27. The Hall–Kier alpha value is -2.18. The Morgan fingerprint density at radius 1 is 1.17 bits per heavy atom. The van der Waals surface area contributed by atoms with Crippen LogP contribution in [0.1, 0.15) is 6.92 Å². The fraction of sp³-hybridized carbons (Fsp3) is 0.111. The molecular weight excluding hydrogens is 343 g/mol. The fourth-order valence-corrected chi connectivity index (χ4v) is 3.66. The van der Waals surface area contributed by atoms with E-state index in [0.29, 0.717) is 5.13 Å². The van der Waals surface area contributed by atoms with E-state index in [1.54, 1.807) is 12.1 Å². The zero-order valence-corrected chi connectivity index (χ0v) is 14.5. The minimum atomic E-state index is -0.283. The number of carbonyl (C=O) groups is 1. The van der Waals surface area contributed by atoms with E-state index in [1.165, 1.54) is 35.2 Å². The molecule has 1 unspecified atom stereocenters. The van der Waals surface area contributed by atoms with E-state index >= 15 is 0 Å². The maximum absolute atomic E-state index is 13.0.